The summed E-state index contributed by atoms with van der Waals surface area (Å²) in [5.41, 5.74) is 0. The highest BCUT2D eigenvalue weighted by molar-refractivity contribution is 7.85. The van der Waals surface area contributed by atoms with Gasteiger partial charge in [-0.2, -0.15) is 8.42 Å². The normalized spacial score (nSPS) is 21.0. The Bertz CT molecular complexity index is 1310. The Morgan fingerprint density at radius 1 is 0.603 bits per heavy atom. The van der Waals surface area contributed by atoms with Crippen molar-refractivity contribution in [2.45, 2.75) is 192 Å². The van der Waals surface area contributed by atoms with E-state index in [2.05, 4.69) is 74.6 Å². The van der Waals surface area contributed by atoms with Crippen molar-refractivity contribution >= 4 is 22.1 Å². The molecule has 0 aromatic rings. The summed E-state index contributed by atoms with van der Waals surface area (Å²) in [4.78, 5) is 25.3. The van der Waals surface area contributed by atoms with Crippen molar-refractivity contribution in [2.24, 2.45) is 0 Å². The monoisotopic (exact) mass is 841 g/mol. The van der Waals surface area contributed by atoms with Crippen molar-refractivity contribution in [3.63, 3.8) is 0 Å². The number of hydrogen-bond acceptors (Lipinski definition) is 11. The lowest BCUT2D eigenvalue weighted by molar-refractivity contribution is -0.297. The molecule has 2 unspecified atom stereocenters. The molecular formula is C45H76O12S. The molecule has 0 bridgehead atoms. The molecule has 1 aliphatic rings. The number of aliphatic hydroxyl groups is 3. The zero-order valence-corrected chi connectivity index (χ0v) is 36.2. The highest BCUT2D eigenvalue weighted by Crippen LogP contribution is 2.24. The third kappa shape index (κ3) is 29.5. The Morgan fingerprint density at radius 2 is 1.09 bits per heavy atom. The van der Waals surface area contributed by atoms with Gasteiger partial charge in [-0.25, -0.2) is 0 Å². The second-order valence-corrected chi connectivity index (χ2v) is 16.5. The molecule has 0 aromatic carbocycles. The van der Waals surface area contributed by atoms with E-state index in [1.807, 2.05) is 0 Å². The second kappa shape index (κ2) is 35.1. The maximum absolute atomic E-state index is 12.8. The van der Waals surface area contributed by atoms with Crippen molar-refractivity contribution in [3.05, 3.63) is 60.8 Å². The summed E-state index contributed by atoms with van der Waals surface area (Å²) in [5, 5.41) is 30.8. The summed E-state index contributed by atoms with van der Waals surface area (Å²) in [6.07, 6.45) is 32.7. The van der Waals surface area contributed by atoms with Crippen molar-refractivity contribution in [1.82, 2.24) is 0 Å². The molecule has 0 radical (unpaired) electrons. The van der Waals surface area contributed by atoms with Crippen LogP contribution < -0.4 is 0 Å². The first-order valence-electron chi connectivity index (χ1n) is 21.8. The fourth-order valence-electron chi connectivity index (χ4n) is 6.19. The highest BCUT2D eigenvalue weighted by atomic mass is 32.2. The van der Waals surface area contributed by atoms with Gasteiger partial charge in [0.25, 0.3) is 10.1 Å². The van der Waals surface area contributed by atoms with Crippen LogP contribution in [0.4, 0.5) is 0 Å². The lowest BCUT2D eigenvalue weighted by Crippen LogP contribution is -2.60. The lowest BCUT2D eigenvalue weighted by atomic mass is 10.00. The van der Waals surface area contributed by atoms with E-state index >= 15 is 0 Å². The Kier molecular flexibility index (Phi) is 32.3. The van der Waals surface area contributed by atoms with Crippen LogP contribution in [-0.2, 0) is 38.7 Å². The molecule has 1 aliphatic heterocycles. The molecule has 12 nitrogen and oxygen atoms in total. The third-order valence-corrected chi connectivity index (χ3v) is 10.3. The van der Waals surface area contributed by atoms with Crippen molar-refractivity contribution in [3.8, 4) is 0 Å². The zero-order valence-electron chi connectivity index (χ0n) is 35.4. The van der Waals surface area contributed by atoms with E-state index < -0.39 is 71.2 Å². The number of esters is 2. The zero-order chi connectivity index (χ0) is 42.7. The fraction of sp³-hybridized carbons (Fsp3) is 0.733. The van der Waals surface area contributed by atoms with Crippen LogP contribution in [0, 0.1) is 0 Å². The smallest absolute Gasteiger partial charge is 0.306 e. The number of hydrogen-bond donors (Lipinski definition) is 4. The Morgan fingerprint density at radius 3 is 1.66 bits per heavy atom. The highest BCUT2D eigenvalue weighted by Gasteiger charge is 2.46. The average molecular weight is 841 g/mol. The minimum atomic E-state index is -4.61. The van der Waals surface area contributed by atoms with Crippen molar-refractivity contribution < 1.29 is 56.8 Å². The summed E-state index contributed by atoms with van der Waals surface area (Å²) in [5.74, 6) is -2.06. The van der Waals surface area contributed by atoms with E-state index in [9.17, 15) is 37.9 Å². The third-order valence-electron chi connectivity index (χ3n) is 9.58. The molecule has 6 atom stereocenters. The number of unbranched alkanes of at least 4 members (excludes halogenated alkanes) is 13. The Labute approximate surface area is 349 Å². The molecule has 4 N–H and O–H groups in total. The van der Waals surface area contributed by atoms with E-state index in [-0.39, 0.29) is 19.4 Å². The molecule has 1 fully saturated rings. The lowest BCUT2D eigenvalue weighted by Gasteiger charge is -2.40. The largest absolute Gasteiger partial charge is 0.462 e. The molecule has 0 aromatic heterocycles. The summed E-state index contributed by atoms with van der Waals surface area (Å²) < 4.78 is 53.9. The van der Waals surface area contributed by atoms with Gasteiger partial charge in [-0.15, -0.1) is 0 Å². The number of aliphatic hydroxyl groups excluding tert-OH is 3. The molecular weight excluding hydrogens is 765 g/mol. The van der Waals surface area contributed by atoms with Gasteiger partial charge in [0.05, 0.1) is 6.61 Å². The summed E-state index contributed by atoms with van der Waals surface area (Å²) in [6.45, 7) is 3.58. The van der Waals surface area contributed by atoms with Crippen LogP contribution >= 0.6 is 0 Å². The van der Waals surface area contributed by atoms with E-state index in [1.54, 1.807) is 0 Å². The van der Waals surface area contributed by atoms with Gasteiger partial charge in [-0.3, -0.25) is 14.1 Å². The van der Waals surface area contributed by atoms with Crippen LogP contribution in [0.25, 0.3) is 0 Å². The summed E-state index contributed by atoms with van der Waals surface area (Å²) in [7, 11) is -4.61. The van der Waals surface area contributed by atoms with Gasteiger partial charge in [-0.05, 0) is 77.0 Å². The van der Waals surface area contributed by atoms with Crippen LogP contribution in [0.3, 0.4) is 0 Å². The SMILES string of the molecule is CC/C=C/C/C=C/C/C=C/CCCCCCCC(=O)O[C@H](COC(=O)CCCC/C=C/C/C=C/CCCCCCCC)CO[C@H]1O[C@H](CS(=O)(=O)O)[C@@H](O)C(O)C1O. The van der Waals surface area contributed by atoms with E-state index in [4.69, 9.17) is 18.9 Å². The molecule has 1 rings (SSSR count). The minimum absolute atomic E-state index is 0.135. The first kappa shape index (κ1) is 53.4. The standard InChI is InChI=1S/C45H76O12S/c1-3-5-7-9-11-13-15-17-19-21-23-25-27-29-31-33-40(46)54-35-38(36-55-45-44(50)43(49)42(48)39(57-45)37-58(51,52)53)56-41(47)34-32-30-28-26-24-22-20-18-16-14-12-10-8-6-4-2/h6,8,12,14,17-20,23,25,38-39,42-45,48-50H,3-5,7,9-11,13,15-16,21-22,24,26-37H2,1-2H3,(H,51,52,53)/b8-6+,14-12+,19-17+,20-18+,25-23+/t38-,39-,42-,43?,44?,45+/m1/s1. The first-order chi connectivity index (χ1) is 28.0. The molecule has 0 saturated carbocycles. The van der Waals surface area contributed by atoms with Crippen LogP contribution in [0.15, 0.2) is 60.8 Å². The summed E-state index contributed by atoms with van der Waals surface area (Å²) in [6, 6.07) is 0. The quantitative estimate of drug-likeness (QED) is 0.0207. The van der Waals surface area contributed by atoms with Gasteiger partial charge in [0.1, 0.15) is 36.8 Å². The van der Waals surface area contributed by atoms with Gasteiger partial charge in [0.15, 0.2) is 12.4 Å². The predicted molar refractivity (Wildman–Crippen MR) is 229 cm³/mol. The Hall–Kier alpha value is -2.65. The van der Waals surface area contributed by atoms with Crippen LogP contribution in [-0.4, -0.2) is 96.0 Å². The minimum Gasteiger partial charge on any atom is -0.462 e. The van der Waals surface area contributed by atoms with Gasteiger partial charge in [0.2, 0.25) is 0 Å². The maximum atomic E-state index is 12.8. The first-order valence-corrected chi connectivity index (χ1v) is 23.5. The molecule has 1 heterocycles. The molecule has 0 aliphatic carbocycles. The van der Waals surface area contributed by atoms with Crippen LogP contribution in [0.2, 0.25) is 0 Å². The Balaban J connectivity index is 2.51. The topological polar surface area (TPSA) is 186 Å². The second-order valence-electron chi connectivity index (χ2n) is 15.0. The number of rotatable bonds is 35. The van der Waals surface area contributed by atoms with Gasteiger partial charge >= 0.3 is 11.9 Å². The van der Waals surface area contributed by atoms with Crippen LogP contribution in [0.5, 0.6) is 0 Å². The summed E-state index contributed by atoms with van der Waals surface area (Å²) >= 11 is 0. The fourth-order valence-corrected chi connectivity index (χ4v) is 6.88. The van der Waals surface area contributed by atoms with Crippen LogP contribution in [0.1, 0.15) is 155 Å². The molecule has 1 saturated heterocycles. The van der Waals surface area contributed by atoms with Crippen molar-refractivity contribution in [2.75, 3.05) is 19.0 Å². The van der Waals surface area contributed by atoms with Crippen molar-refractivity contribution in [1.29, 1.82) is 0 Å². The maximum Gasteiger partial charge on any atom is 0.306 e. The molecule has 13 heteroatoms. The number of allylic oxidation sites excluding steroid dienone is 10. The number of carbonyl (C=O) groups is 2. The number of ether oxygens (including phenoxy) is 4. The average Bonchev–Trinajstić information content (AvgIpc) is 3.18. The van der Waals surface area contributed by atoms with Gasteiger partial charge < -0.3 is 34.3 Å². The van der Waals surface area contributed by atoms with Gasteiger partial charge in [0, 0.05) is 12.8 Å². The molecule has 334 valence electrons. The van der Waals surface area contributed by atoms with E-state index in [1.165, 1.54) is 38.5 Å². The number of carbonyl (C=O) groups excluding carboxylic acids is 2. The van der Waals surface area contributed by atoms with E-state index in [0.717, 1.165) is 77.0 Å². The molecule has 0 spiro atoms. The predicted octanol–water partition coefficient (Wildman–Crippen LogP) is 8.56. The molecule has 58 heavy (non-hydrogen) atoms. The van der Waals surface area contributed by atoms with Gasteiger partial charge in [-0.1, -0.05) is 126 Å². The van der Waals surface area contributed by atoms with E-state index in [0.29, 0.717) is 12.8 Å². The molecule has 0 amide bonds.